The third-order valence-electron chi connectivity index (χ3n) is 4.70. The highest BCUT2D eigenvalue weighted by Crippen LogP contribution is 2.22. The van der Waals surface area contributed by atoms with E-state index in [2.05, 4.69) is 62.1 Å². The van der Waals surface area contributed by atoms with Gasteiger partial charge in [-0.1, -0.05) is 12.1 Å². The zero-order valence-electron chi connectivity index (χ0n) is 15.6. The van der Waals surface area contributed by atoms with Crippen molar-refractivity contribution in [2.75, 3.05) is 41.3 Å². The Morgan fingerprint density at radius 3 is 2.22 bits per heavy atom. The van der Waals surface area contributed by atoms with Crippen LogP contribution in [0.2, 0.25) is 0 Å². The maximum Gasteiger partial charge on any atom is 0.227 e. The van der Waals surface area contributed by atoms with E-state index in [1.54, 1.807) is 12.4 Å². The summed E-state index contributed by atoms with van der Waals surface area (Å²) in [6, 6.07) is 10.1. The Morgan fingerprint density at radius 1 is 0.815 bits per heavy atom. The summed E-state index contributed by atoms with van der Waals surface area (Å²) < 4.78 is 0. The third kappa shape index (κ3) is 3.97. The fourth-order valence-corrected chi connectivity index (χ4v) is 3.14. The highest BCUT2D eigenvalue weighted by molar-refractivity contribution is 5.62. The van der Waals surface area contributed by atoms with Gasteiger partial charge in [-0.25, -0.2) is 15.0 Å². The molecule has 1 aromatic carbocycles. The van der Waals surface area contributed by atoms with Gasteiger partial charge in [0, 0.05) is 50.5 Å². The molecule has 0 aliphatic carbocycles. The van der Waals surface area contributed by atoms with Crippen LogP contribution in [0.5, 0.6) is 0 Å². The summed E-state index contributed by atoms with van der Waals surface area (Å²) in [5.41, 5.74) is 3.49. The second kappa shape index (κ2) is 7.57. The summed E-state index contributed by atoms with van der Waals surface area (Å²) in [7, 11) is 0. The smallest absolute Gasteiger partial charge is 0.227 e. The molecule has 0 spiro atoms. The van der Waals surface area contributed by atoms with Crippen molar-refractivity contribution >= 4 is 23.4 Å². The van der Waals surface area contributed by atoms with Gasteiger partial charge in [0.1, 0.15) is 5.82 Å². The molecule has 0 amide bonds. The molecule has 138 valence electrons. The minimum absolute atomic E-state index is 0.749. The van der Waals surface area contributed by atoms with Crippen LogP contribution in [0.4, 0.5) is 23.4 Å². The van der Waals surface area contributed by atoms with Crippen LogP contribution < -0.4 is 15.1 Å². The molecule has 0 bridgehead atoms. The molecule has 0 saturated carbocycles. The SMILES string of the molecule is Cc1ccc(C)c(Nc2ccnc(N3CCN(c4ncccn4)CC3)n2)c1. The Kier molecular flexibility index (Phi) is 4.82. The first-order chi connectivity index (χ1) is 13.2. The first-order valence-corrected chi connectivity index (χ1v) is 9.13. The van der Waals surface area contributed by atoms with E-state index in [9.17, 15) is 0 Å². The molecule has 7 heteroatoms. The van der Waals surface area contributed by atoms with Crippen molar-refractivity contribution < 1.29 is 0 Å². The minimum atomic E-state index is 0.749. The van der Waals surface area contributed by atoms with E-state index in [4.69, 9.17) is 4.98 Å². The van der Waals surface area contributed by atoms with Gasteiger partial charge in [-0.05, 0) is 43.2 Å². The van der Waals surface area contributed by atoms with Crippen molar-refractivity contribution in [3.8, 4) is 0 Å². The molecule has 3 aromatic rings. The van der Waals surface area contributed by atoms with Gasteiger partial charge < -0.3 is 15.1 Å². The average molecular weight is 361 g/mol. The highest BCUT2D eigenvalue weighted by Gasteiger charge is 2.20. The number of piperazine rings is 1. The van der Waals surface area contributed by atoms with Crippen molar-refractivity contribution in [2.24, 2.45) is 0 Å². The molecule has 1 saturated heterocycles. The van der Waals surface area contributed by atoms with Crippen LogP contribution in [-0.2, 0) is 0 Å². The molecule has 4 rings (SSSR count). The third-order valence-corrected chi connectivity index (χ3v) is 4.70. The van der Waals surface area contributed by atoms with Gasteiger partial charge in [0.25, 0.3) is 0 Å². The standard InChI is InChI=1S/C20H23N7/c1-15-4-5-16(2)17(14-15)24-18-6-9-23-20(25-18)27-12-10-26(11-13-27)19-21-7-3-8-22-19/h3-9,14H,10-13H2,1-2H3,(H,23,24,25). The van der Waals surface area contributed by atoms with Crippen LogP contribution in [0.15, 0.2) is 48.9 Å². The van der Waals surface area contributed by atoms with Crippen LogP contribution in [0.3, 0.4) is 0 Å². The predicted octanol–water partition coefficient (Wildman–Crippen LogP) is 2.95. The van der Waals surface area contributed by atoms with Gasteiger partial charge in [0.05, 0.1) is 0 Å². The number of aromatic nitrogens is 4. The van der Waals surface area contributed by atoms with Crippen LogP contribution in [-0.4, -0.2) is 46.1 Å². The van der Waals surface area contributed by atoms with Crippen molar-refractivity contribution in [2.45, 2.75) is 13.8 Å². The van der Waals surface area contributed by atoms with Crippen molar-refractivity contribution in [1.29, 1.82) is 0 Å². The van der Waals surface area contributed by atoms with E-state index in [0.717, 1.165) is 49.6 Å². The monoisotopic (exact) mass is 361 g/mol. The first-order valence-electron chi connectivity index (χ1n) is 9.13. The van der Waals surface area contributed by atoms with E-state index in [1.165, 1.54) is 11.1 Å². The second-order valence-electron chi connectivity index (χ2n) is 6.71. The van der Waals surface area contributed by atoms with Crippen LogP contribution in [0.25, 0.3) is 0 Å². The molecular weight excluding hydrogens is 338 g/mol. The Hall–Kier alpha value is -3.22. The summed E-state index contributed by atoms with van der Waals surface area (Å²) in [5.74, 6) is 2.34. The Bertz CT molecular complexity index is 905. The van der Waals surface area contributed by atoms with Gasteiger partial charge in [-0.2, -0.15) is 4.98 Å². The highest BCUT2D eigenvalue weighted by atomic mass is 15.4. The number of anilines is 4. The van der Waals surface area contributed by atoms with E-state index in [-0.39, 0.29) is 0 Å². The minimum Gasteiger partial charge on any atom is -0.340 e. The lowest BCUT2D eigenvalue weighted by molar-refractivity contribution is 0.628. The van der Waals surface area contributed by atoms with E-state index >= 15 is 0 Å². The molecule has 0 unspecified atom stereocenters. The van der Waals surface area contributed by atoms with Crippen molar-refractivity contribution in [3.05, 3.63) is 60.0 Å². The number of hydrogen-bond acceptors (Lipinski definition) is 7. The lowest BCUT2D eigenvalue weighted by atomic mass is 10.1. The molecule has 1 aliphatic rings. The molecule has 0 radical (unpaired) electrons. The molecule has 1 N–H and O–H groups in total. The van der Waals surface area contributed by atoms with Gasteiger partial charge in [0.15, 0.2) is 0 Å². The number of nitrogens with zero attached hydrogens (tertiary/aromatic N) is 6. The van der Waals surface area contributed by atoms with Gasteiger partial charge >= 0.3 is 0 Å². The fourth-order valence-electron chi connectivity index (χ4n) is 3.14. The molecule has 3 heterocycles. The number of nitrogens with one attached hydrogen (secondary N) is 1. The summed E-state index contributed by atoms with van der Waals surface area (Å²) in [5, 5.41) is 3.42. The first kappa shape index (κ1) is 17.2. The number of hydrogen-bond donors (Lipinski definition) is 1. The normalized spacial score (nSPS) is 14.3. The van der Waals surface area contributed by atoms with E-state index < -0.39 is 0 Å². The summed E-state index contributed by atoms with van der Waals surface area (Å²) in [6.45, 7) is 7.56. The molecule has 1 aliphatic heterocycles. The molecular formula is C20H23N7. The zero-order valence-corrected chi connectivity index (χ0v) is 15.6. The quantitative estimate of drug-likeness (QED) is 0.766. The maximum atomic E-state index is 4.71. The predicted molar refractivity (Wildman–Crippen MR) is 108 cm³/mol. The van der Waals surface area contributed by atoms with Gasteiger partial charge in [0.2, 0.25) is 11.9 Å². The Morgan fingerprint density at radius 2 is 1.48 bits per heavy atom. The molecule has 1 fully saturated rings. The number of aryl methyl sites for hydroxylation is 2. The lowest BCUT2D eigenvalue weighted by Gasteiger charge is -2.34. The van der Waals surface area contributed by atoms with E-state index in [0.29, 0.717) is 0 Å². The number of benzene rings is 1. The van der Waals surface area contributed by atoms with Crippen LogP contribution in [0, 0.1) is 13.8 Å². The number of rotatable bonds is 4. The largest absolute Gasteiger partial charge is 0.340 e. The lowest BCUT2D eigenvalue weighted by Crippen LogP contribution is -2.47. The molecule has 0 atom stereocenters. The topological polar surface area (TPSA) is 70.1 Å². The fraction of sp³-hybridized carbons (Fsp3) is 0.300. The summed E-state index contributed by atoms with van der Waals surface area (Å²) in [6.07, 6.45) is 5.36. The zero-order chi connectivity index (χ0) is 18.6. The molecule has 7 nitrogen and oxygen atoms in total. The van der Waals surface area contributed by atoms with Gasteiger partial charge in [-0.3, -0.25) is 0 Å². The van der Waals surface area contributed by atoms with Crippen LogP contribution in [0.1, 0.15) is 11.1 Å². The average Bonchev–Trinajstić information content (AvgIpc) is 2.72. The van der Waals surface area contributed by atoms with Crippen LogP contribution >= 0.6 is 0 Å². The molecule has 27 heavy (non-hydrogen) atoms. The second-order valence-corrected chi connectivity index (χ2v) is 6.71. The summed E-state index contributed by atoms with van der Waals surface area (Å²) >= 11 is 0. The summed E-state index contributed by atoms with van der Waals surface area (Å²) in [4.78, 5) is 22.2. The van der Waals surface area contributed by atoms with E-state index in [1.807, 2.05) is 18.3 Å². The Balaban J connectivity index is 1.45. The van der Waals surface area contributed by atoms with Gasteiger partial charge in [-0.15, -0.1) is 0 Å². The van der Waals surface area contributed by atoms with Crippen molar-refractivity contribution in [3.63, 3.8) is 0 Å². The Labute approximate surface area is 159 Å². The maximum absolute atomic E-state index is 4.71. The van der Waals surface area contributed by atoms with Crippen molar-refractivity contribution in [1.82, 2.24) is 19.9 Å². The molecule has 2 aromatic heterocycles.